The van der Waals surface area contributed by atoms with Crippen LogP contribution in [0, 0.1) is 5.92 Å². The van der Waals surface area contributed by atoms with Crippen LogP contribution in [0.3, 0.4) is 0 Å². The molecule has 2 fully saturated rings. The lowest BCUT2D eigenvalue weighted by atomic mass is 10.1. The van der Waals surface area contributed by atoms with Crippen LogP contribution in [0.1, 0.15) is 6.42 Å². The second-order valence-corrected chi connectivity index (χ2v) is 2.62. The van der Waals surface area contributed by atoms with Crippen molar-refractivity contribution < 1.29 is 14.3 Å². The molecule has 2 aliphatic rings. The third-order valence-corrected chi connectivity index (χ3v) is 1.97. The minimum absolute atomic E-state index is 0.0438. The molecule has 0 aromatic heterocycles. The van der Waals surface area contributed by atoms with Gasteiger partial charge in [0.1, 0.15) is 0 Å². The van der Waals surface area contributed by atoms with Crippen LogP contribution in [-0.2, 0) is 9.53 Å². The molecule has 0 radical (unpaired) electrons. The molecule has 2 rings (SSSR count). The van der Waals surface area contributed by atoms with Crippen LogP contribution in [0.15, 0.2) is 0 Å². The number of carbonyl (C=O) groups is 2. The van der Waals surface area contributed by atoms with Gasteiger partial charge in [-0.15, -0.1) is 0 Å². The van der Waals surface area contributed by atoms with E-state index in [9.17, 15) is 9.59 Å². The summed E-state index contributed by atoms with van der Waals surface area (Å²) in [6.07, 6.45) is 0.295. The Morgan fingerprint density at radius 2 is 2.30 bits per heavy atom. The average molecular weight is 141 g/mol. The Morgan fingerprint density at radius 1 is 1.50 bits per heavy atom. The summed E-state index contributed by atoms with van der Waals surface area (Å²) in [6.45, 7) is 1.24. The van der Waals surface area contributed by atoms with E-state index < -0.39 is 6.09 Å². The Bertz CT molecular complexity index is 181. The summed E-state index contributed by atoms with van der Waals surface area (Å²) in [6, 6.07) is 0. The highest BCUT2D eigenvalue weighted by Crippen LogP contribution is 2.23. The molecule has 0 spiro atoms. The monoisotopic (exact) mass is 141 g/mol. The molecule has 2 bridgehead atoms. The molecule has 0 aromatic carbocycles. The maximum absolute atomic E-state index is 10.8. The summed E-state index contributed by atoms with van der Waals surface area (Å²) in [5, 5.41) is 0. The molecular formula is C6H7NO3. The average Bonchev–Trinajstić information content (AvgIpc) is 2.28. The zero-order valence-corrected chi connectivity index (χ0v) is 5.37. The van der Waals surface area contributed by atoms with Crippen LogP contribution in [0.25, 0.3) is 0 Å². The highest BCUT2D eigenvalue weighted by atomic mass is 16.6. The van der Waals surface area contributed by atoms with E-state index in [0.717, 1.165) is 6.42 Å². The van der Waals surface area contributed by atoms with Gasteiger partial charge in [-0.1, -0.05) is 0 Å². The molecule has 2 saturated heterocycles. The van der Waals surface area contributed by atoms with Crippen LogP contribution in [0.4, 0.5) is 4.79 Å². The first-order valence-corrected chi connectivity index (χ1v) is 3.28. The number of amides is 1. The fourth-order valence-corrected chi connectivity index (χ4v) is 1.35. The van der Waals surface area contributed by atoms with E-state index in [-0.39, 0.29) is 11.9 Å². The Kier molecular flexibility index (Phi) is 0.977. The van der Waals surface area contributed by atoms with Gasteiger partial charge in [-0.3, -0.25) is 4.79 Å². The van der Waals surface area contributed by atoms with Crippen molar-refractivity contribution in [3.63, 3.8) is 0 Å². The number of carbonyl (C=O) groups excluding carboxylic acids is 2. The lowest BCUT2D eigenvalue weighted by molar-refractivity contribution is -0.144. The molecule has 1 unspecified atom stereocenters. The standard InChI is InChI=1S/C6H7NO3/c8-5-4-1-2-7(3-4)6(9)10-5/h4H,1-3H2. The van der Waals surface area contributed by atoms with Crippen LogP contribution in [-0.4, -0.2) is 30.1 Å². The number of cyclic esters (lactones) is 2. The van der Waals surface area contributed by atoms with Crippen molar-refractivity contribution in [2.24, 2.45) is 5.92 Å². The van der Waals surface area contributed by atoms with Gasteiger partial charge in [0.2, 0.25) is 0 Å². The Hall–Kier alpha value is -1.06. The summed E-state index contributed by atoms with van der Waals surface area (Å²) in [7, 11) is 0. The second kappa shape index (κ2) is 1.71. The highest BCUT2D eigenvalue weighted by Gasteiger charge is 2.39. The third-order valence-electron chi connectivity index (χ3n) is 1.97. The number of nitrogens with zero attached hydrogens (tertiary/aromatic N) is 1. The van der Waals surface area contributed by atoms with Crippen molar-refractivity contribution >= 4 is 12.1 Å². The van der Waals surface area contributed by atoms with E-state index in [4.69, 9.17) is 0 Å². The van der Waals surface area contributed by atoms with Crippen LogP contribution in [0.5, 0.6) is 0 Å². The predicted molar refractivity (Wildman–Crippen MR) is 31.2 cm³/mol. The molecule has 0 saturated carbocycles. The Morgan fingerprint density at radius 3 is 3.10 bits per heavy atom. The number of hydrogen-bond acceptors (Lipinski definition) is 3. The van der Waals surface area contributed by atoms with Gasteiger partial charge in [0.05, 0.1) is 5.92 Å². The molecule has 54 valence electrons. The molecule has 4 heteroatoms. The van der Waals surface area contributed by atoms with E-state index in [2.05, 4.69) is 4.74 Å². The quantitative estimate of drug-likeness (QED) is 0.352. The minimum Gasteiger partial charge on any atom is -0.376 e. The molecular weight excluding hydrogens is 134 g/mol. The molecule has 1 amide bonds. The van der Waals surface area contributed by atoms with Crippen LogP contribution in [0.2, 0.25) is 0 Å². The highest BCUT2D eigenvalue weighted by molar-refractivity contribution is 5.89. The van der Waals surface area contributed by atoms with Crippen LogP contribution < -0.4 is 0 Å². The van der Waals surface area contributed by atoms with E-state index in [1.807, 2.05) is 0 Å². The molecule has 2 heterocycles. The van der Waals surface area contributed by atoms with Crippen molar-refractivity contribution in [2.75, 3.05) is 13.1 Å². The number of ether oxygens (including phenoxy) is 1. The Labute approximate surface area is 57.7 Å². The van der Waals surface area contributed by atoms with Crippen LogP contribution >= 0.6 is 0 Å². The van der Waals surface area contributed by atoms with Gasteiger partial charge in [0.25, 0.3) is 0 Å². The lowest BCUT2D eigenvalue weighted by Crippen LogP contribution is -2.38. The lowest BCUT2D eigenvalue weighted by Gasteiger charge is -2.19. The Balaban J connectivity index is 2.24. The molecule has 2 aliphatic heterocycles. The van der Waals surface area contributed by atoms with Gasteiger partial charge < -0.3 is 9.64 Å². The van der Waals surface area contributed by atoms with E-state index >= 15 is 0 Å². The fraction of sp³-hybridized carbons (Fsp3) is 0.667. The summed E-state index contributed by atoms with van der Waals surface area (Å²) in [4.78, 5) is 23.1. The van der Waals surface area contributed by atoms with E-state index in [1.165, 1.54) is 0 Å². The van der Waals surface area contributed by atoms with Crippen molar-refractivity contribution in [3.05, 3.63) is 0 Å². The normalized spacial score (nSPS) is 30.8. The van der Waals surface area contributed by atoms with Gasteiger partial charge in [-0.2, -0.15) is 0 Å². The zero-order chi connectivity index (χ0) is 7.14. The first-order valence-electron chi connectivity index (χ1n) is 3.28. The van der Waals surface area contributed by atoms with Gasteiger partial charge in [0, 0.05) is 13.1 Å². The number of rotatable bonds is 0. The topological polar surface area (TPSA) is 46.6 Å². The van der Waals surface area contributed by atoms with Gasteiger partial charge in [0.15, 0.2) is 0 Å². The molecule has 0 aromatic rings. The fourth-order valence-electron chi connectivity index (χ4n) is 1.35. The van der Waals surface area contributed by atoms with Gasteiger partial charge in [-0.25, -0.2) is 4.79 Å². The predicted octanol–water partition coefficient (Wildman–Crippen LogP) is -0.0149. The first kappa shape index (κ1) is 5.70. The second-order valence-electron chi connectivity index (χ2n) is 2.62. The van der Waals surface area contributed by atoms with E-state index in [0.29, 0.717) is 13.1 Å². The number of esters is 1. The molecule has 0 aliphatic carbocycles. The largest absolute Gasteiger partial charge is 0.417 e. The third kappa shape index (κ3) is 0.616. The van der Waals surface area contributed by atoms with E-state index in [1.54, 1.807) is 4.90 Å². The van der Waals surface area contributed by atoms with Crippen molar-refractivity contribution in [1.82, 2.24) is 4.90 Å². The van der Waals surface area contributed by atoms with Gasteiger partial charge in [-0.05, 0) is 6.42 Å². The smallest absolute Gasteiger partial charge is 0.376 e. The minimum atomic E-state index is -0.473. The maximum Gasteiger partial charge on any atom is 0.417 e. The van der Waals surface area contributed by atoms with Crippen molar-refractivity contribution in [3.8, 4) is 0 Å². The van der Waals surface area contributed by atoms with Crippen molar-refractivity contribution in [2.45, 2.75) is 6.42 Å². The summed E-state index contributed by atoms with van der Waals surface area (Å²) in [5.41, 5.74) is 0. The molecule has 10 heavy (non-hydrogen) atoms. The molecule has 1 atom stereocenters. The molecule has 4 nitrogen and oxygen atoms in total. The summed E-state index contributed by atoms with van der Waals surface area (Å²) >= 11 is 0. The maximum atomic E-state index is 10.8. The zero-order valence-electron chi connectivity index (χ0n) is 5.37. The van der Waals surface area contributed by atoms with Gasteiger partial charge >= 0.3 is 12.1 Å². The SMILES string of the molecule is O=C1OC(=O)N2CCC1C2. The van der Waals surface area contributed by atoms with Crippen molar-refractivity contribution in [1.29, 1.82) is 0 Å². The summed E-state index contributed by atoms with van der Waals surface area (Å²) < 4.78 is 4.42. The first-order chi connectivity index (χ1) is 4.77. The number of hydrogen-bond donors (Lipinski definition) is 0. The number of fused-ring (bicyclic) bond motifs is 2. The summed E-state index contributed by atoms with van der Waals surface area (Å²) in [5.74, 6) is -0.392. The molecule has 0 N–H and O–H groups in total.